The molecular formula is C12H16O5S. The standard InChI is InChI=1S/C12H16O5S/c1-17-12(15)11(9-5-3-2-4-6-9)18(16)8-10(14)7-13/h2-6,10-11,13-14H,7-8H2,1H3. The number of ether oxygens (including phenoxy) is 1. The number of aliphatic hydroxyl groups is 2. The second kappa shape index (κ2) is 7.25. The summed E-state index contributed by atoms with van der Waals surface area (Å²) in [4.78, 5) is 11.7. The Bertz CT molecular complexity index is 406. The predicted molar refractivity (Wildman–Crippen MR) is 67.3 cm³/mol. The lowest BCUT2D eigenvalue weighted by atomic mass is 10.1. The van der Waals surface area contributed by atoms with Gasteiger partial charge in [0, 0.05) is 10.8 Å². The summed E-state index contributed by atoms with van der Waals surface area (Å²) >= 11 is 0. The molecule has 6 heteroatoms. The average molecular weight is 272 g/mol. The maximum Gasteiger partial charge on any atom is 0.326 e. The van der Waals surface area contributed by atoms with Crippen molar-refractivity contribution < 1.29 is 24.0 Å². The Morgan fingerprint density at radius 3 is 2.50 bits per heavy atom. The van der Waals surface area contributed by atoms with Gasteiger partial charge in [0.15, 0.2) is 5.25 Å². The second-order valence-electron chi connectivity index (χ2n) is 3.70. The smallest absolute Gasteiger partial charge is 0.326 e. The van der Waals surface area contributed by atoms with Crippen LogP contribution in [0.5, 0.6) is 0 Å². The first-order valence-corrected chi connectivity index (χ1v) is 6.77. The largest absolute Gasteiger partial charge is 0.468 e. The predicted octanol–water partition coefficient (Wildman–Crippen LogP) is 0.00260. The molecule has 3 atom stereocenters. The minimum Gasteiger partial charge on any atom is -0.468 e. The zero-order valence-electron chi connectivity index (χ0n) is 9.98. The summed E-state index contributed by atoms with van der Waals surface area (Å²) in [6.45, 7) is -0.492. The van der Waals surface area contributed by atoms with E-state index in [4.69, 9.17) is 5.11 Å². The van der Waals surface area contributed by atoms with Gasteiger partial charge in [-0.2, -0.15) is 0 Å². The van der Waals surface area contributed by atoms with Crippen LogP contribution in [-0.2, 0) is 20.3 Å². The number of hydrogen-bond acceptors (Lipinski definition) is 5. The number of carbonyl (C=O) groups is 1. The van der Waals surface area contributed by atoms with Crippen molar-refractivity contribution in [1.29, 1.82) is 0 Å². The van der Waals surface area contributed by atoms with Crippen molar-refractivity contribution in [2.75, 3.05) is 19.5 Å². The minimum atomic E-state index is -1.65. The van der Waals surface area contributed by atoms with E-state index < -0.39 is 34.7 Å². The van der Waals surface area contributed by atoms with Gasteiger partial charge in [0.2, 0.25) is 0 Å². The van der Waals surface area contributed by atoms with Crippen molar-refractivity contribution in [2.45, 2.75) is 11.4 Å². The fraction of sp³-hybridized carbons (Fsp3) is 0.417. The van der Waals surface area contributed by atoms with Crippen LogP contribution in [0.3, 0.4) is 0 Å². The molecule has 18 heavy (non-hydrogen) atoms. The summed E-state index contributed by atoms with van der Waals surface area (Å²) in [6.07, 6.45) is -1.11. The molecule has 3 unspecified atom stereocenters. The van der Waals surface area contributed by atoms with E-state index in [9.17, 15) is 14.1 Å². The first-order chi connectivity index (χ1) is 8.60. The highest BCUT2D eigenvalue weighted by Gasteiger charge is 2.29. The second-order valence-corrected chi connectivity index (χ2v) is 5.26. The van der Waals surface area contributed by atoms with Crippen LogP contribution in [0.4, 0.5) is 0 Å². The summed E-state index contributed by atoms with van der Waals surface area (Å²) in [6, 6.07) is 8.58. The molecule has 1 rings (SSSR count). The number of esters is 1. The number of aliphatic hydroxyl groups excluding tert-OH is 2. The third-order valence-electron chi connectivity index (χ3n) is 2.35. The highest BCUT2D eigenvalue weighted by molar-refractivity contribution is 7.86. The number of carbonyl (C=O) groups excluding carboxylic acids is 1. The molecule has 0 aliphatic rings. The van der Waals surface area contributed by atoms with Crippen molar-refractivity contribution in [3.63, 3.8) is 0 Å². The van der Waals surface area contributed by atoms with Crippen molar-refractivity contribution in [2.24, 2.45) is 0 Å². The highest BCUT2D eigenvalue weighted by Crippen LogP contribution is 2.22. The third kappa shape index (κ3) is 3.90. The monoisotopic (exact) mass is 272 g/mol. The maximum absolute atomic E-state index is 12.1. The Morgan fingerprint density at radius 1 is 1.39 bits per heavy atom. The zero-order valence-corrected chi connectivity index (χ0v) is 10.8. The van der Waals surface area contributed by atoms with E-state index in [-0.39, 0.29) is 5.75 Å². The van der Waals surface area contributed by atoms with Crippen molar-refractivity contribution in [1.82, 2.24) is 0 Å². The molecule has 0 fully saturated rings. The molecule has 5 nitrogen and oxygen atoms in total. The van der Waals surface area contributed by atoms with Crippen molar-refractivity contribution in [3.05, 3.63) is 35.9 Å². The van der Waals surface area contributed by atoms with Gasteiger partial charge in [-0.1, -0.05) is 30.3 Å². The van der Waals surface area contributed by atoms with Crippen molar-refractivity contribution >= 4 is 16.8 Å². The SMILES string of the molecule is COC(=O)C(c1ccccc1)S(=O)CC(O)CO. The van der Waals surface area contributed by atoms with E-state index in [1.807, 2.05) is 0 Å². The van der Waals surface area contributed by atoms with Gasteiger partial charge in [0.05, 0.1) is 25.6 Å². The average Bonchev–Trinajstić information content (AvgIpc) is 2.39. The van der Waals surface area contributed by atoms with E-state index in [1.54, 1.807) is 30.3 Å². The molecule has 0 aliphatic heterocycles. The molecule has 0 amide bonds. The zero-order chi connectivity index (χ0) is 13.5. The molecule has 0 aliphatic carbocycles. The maximum atomic E-state index is 12.1. The molecular weight excluding hydrogens is 256 g/mol. The van der Waals surface area contributed by atoms with Crippen LogP contribution in [-0.4, -0.2) is 46.0 Å². The molecule has 2 N–H and O–H groups in total. The van der Waals surface area contributed by atoms with Gasteiger partial charge in [-0.25, -0.2) is 0 Å². The number of benzene rings is 1. The van der Waals surface area contributed by atoms with Crippen LogP contribution in [0, 0.1) is 0 Å². The van der Waals surface area contributed by atoms with Gasteiger partial charge in [-0.05, 0) is 5.56 Å². The molecule has 0 saturated carbocycles. The Balaban J connectivity index is 2.93. The van der Waals surface area contributed by atoms with Gasteiger partial charge in [0.25, 0.3) is 0 Å². The normalized spacial score (nSPS) is 15.7. The number of methoxy groups -OCH3 is 1. The topological polar surface area (TPSA) is 83.8 Å². The fourth-order valence-electron chi connectivity index (χ4n) is 1.47. The summed E-state index contributed by atoms with van der Waals surface area (Å²) in [5.41, 5.74) is 0.563. The molecule has 0 bridgehead atoms. The Hall–Kier alpha value is -1.24. The molecule has 0 heterocycles. The Morgan fingerprint density at radius 2 is 2.00 bits per heavy atom. The molecule has 1 aromatic carbocycles. The van der Waals surface area contributed by atoms with Crippen LogP contribution in [0.1, 0.15) is 10.8 Å². The first kappa shape index (κ1) is 14.8. The Labute approximate surface area is 108 Å². The quantitative estimate of drug-likeness (QED) is 0.712. The third-order valence-corrected chi connectivity index (χ3v) is 4.05. The summed E-state index contributed by atoms with van der Waals surface area (Å²) in [7, 11) is -0.433. The van der Waals surface area contributed by atoms with Crippen LogP contribution in [0.2, 0.25) is 0 Å². The van der Waals surface area contributed by atoms with Crippen LogP contribution < -0.4 is 0 Å². The highest BCUT2D eigenvalue weighted by atomic mass is 32.2. The molecule has 0 aromatic heterocycles. The molecule has 1 aromatic rings. The van der Waals surface area contributed by atoms with Gasteiger partial charge in [-0.15, -0.1) is 0 Å². The molecule has 0 saturated heterocycles. The van der Waals surface area contributed by atoms with Crippen LogP contribution in [0.25, 0.3) is 0 Å². The van der Waals surface area contributed by atoms with E-state index >= 15 is 0 Å². The number of hydrogen-bond donors (Lipinski definition) is 2. The van der Waals surface area contributed by atoms with Gasteiger partial charge in [0.1, 0.15) is 0 Å². The summed E-state index contributed by atoms with van der Waals surface area (Å²) < 4.78 is 16.7. The van der Waals surface area contributed by atoms with Crippen molar-refractivity contribution in [3.8, 4) is 0 Å². The van der Waals surface area contributed by atoms with Gasteiger partial charge < -0.3 is 14.9 Å². The fourth-order valence-corrected chi connectivity index (χ4v) is 2.92. The van der Waals surface area contributed by atoms with E-state index in [2.05, 4.69) is 4.74 Å². The molecule has 100 valence electrons. The Kier molecular flexibility index (Phi) is 5.97. The minimum absolute atomic E-state index is 0.175. The lowest BCUT2D eigenvalue weighted by molar-refractivity contribution is -0.140. The van der Waals surface area contributed by atoms with E-state index in [0.29, 0.717) is 5.56 Å². The van der Waals surface area contributed by atoms with Gasteiger partial charge >= 0.3 is 5.97 Å². The number of rotatable bonds is 6. The summed E-state index contributed by atoms with van der Waals surface area (Å²) in [5, 5.41) is 17.1. The molecule has 0 spiro atoms. The lowest BCUT2D eigenvalue weighted by Crippen LogP contribution is -2.27. The van der Waals surface area contributed by atoms with Crippen LogP contribution in [0.15, 0.2) is 30.3 Å². The van der Waals surface area contributed by atoms with Crippen LogP contribution >= 0.6 is 0 Å². The van der Waals surface area contributed by atoms with E-state index in [1.165, 1.54) is 7.11 Å². The summed E-state index contributed by atoms with van der Waals surface area (Å²) in [5.74, 6) is -0.796. The van der Waals surface area contributed by atoms with Gasteiger partial charge in [-0.3, -0.25) is 9.00 Å². The van der Waals surface area contributed by atoms with E-state index in [0.717, 1.165) is 0 Å². The first-order valence-electron chi connectivity index (χ1n) is 5.39. The molecule has 0 radical (unpaired) electrons. The lowest BCUT2D eigenvalue weighted by Gasteiger charge is -2.16.